The zero-order chi connectivity index (χ0) is 12.4. The van der Waals surface area contributed by atoms with Crippen LogP contribution in [-0.2, 0) is 0 Å². The van der Waals surface area contributed by atoms with E-state index in [0.29, 0.717) is 11.4 Å². The average molecular weight is 295 g/mol. The summed E-state index contributed by atoms with van der Waals surface area (Å²) >= 11 is 3.37. The van der Waals surface area contributed by atoms with E-state index in [4.69, 9.17) is 5.73 Å². The van der Waals surface area contributed by atoms with Crippen molar-refractivity contribution >= 4 is 27.5 Å². The number of nitrogen functional groups attached to an aromatic ring is 1. The number of carbonyl (C=O) groups is 1. The molecule has 5 nitrogen and oxygen atoms in total. The Labute approximate surface area is 107 Å². The molecule has 1 heterocycles. The molecule has 2 rings (SSSR count). The summed E-state index contributed by atoms with van der Waals surface area (Å²) < 4.78 is 2.48. The van der Waals surface area contributed by atoms with Crippen LogP contribution in [0.3, 0.4) is 0 Å². The van der Waals surface area contributed by atoms with Crippen LogP contribution in [0.2, 0.25) is 0 Å². The Kier molecular flexibility index (Phi) is 3.14. The molecule has 1 aromatic carbocycles. The third kappa shape index (κ3) is 2.31. The number of amides is 1. The Morgan fingerprint density at radius 1 is 1.47 bits per heavy atom. The number of anilines is 1. The average Bonchev–Trinajstić information content (AvgIpc) is 2.80. The van der Waals surface area contributed by atoms with Crippen molar-refractivity contribution in [1.82, 2.24) is 15.1 Å². The van der Waals surface area contributed by atoms with E-state index in [2.05, 4.69) is 26.3 Å². The van der Waals surface area contributed by atoms with Gasteiger partial charge in [0, 0.05) is 17.7 Å². The monoisotopic (exact) mass is 294 g/mol. The van der Waals surface area contributed by atoms with Gasteiger partial charge in [-0.05, 0) is 24.3 Å². The van der Waals surface area contributed by atoms with E-state index < -0.39 is 0 Å². The molecule has 0 radical (unpaired) electrons. The largest absolute Gasteiger partial charge is 0.397 e. The zero-order valence-corrected chi connectivity index (χ0v) is 10.7. The van der Waals surface area contributed by atoms with Crippen LogP contribution >= 0.6 is 15.9 Å². The van der Waals surface area contributed by atoms with E-state index in [-0.39, 0.29) is 5.91 Å². The van der Waals surface area contributed by atoms with Crippen LogP contribution in [0.15, 0.2) is 34.9 Å². The van der Waals surface area contributed by atoms with Crippen LogP contribution in [-0.4, -0.2) is 22.7 Å². The van der Waals surface area contributed by atoms with E-state index >= 15 is 0 Å². The molecule has 0 aliphatic carbocycles. The van der Waals surface area contributed by atoms with Gasteiger partial charge >= 0.3 is 0 Å². The molecule has 1 aromatic heterocycles. The van der Waals surface area contributed by atoms with E-state index in [9.17, 15) is 4.79 Å². The van der Waals surface area contributed by atoms with E-state index in [1.165, 1.54) is 0 Å². The fourth-order valence-corrected chi connectivity index (χ4v) is 1.77. The first kappa shape index (κ1) is 11.7. The SMILES string of the molecule is CNC(=O)c1ccn(-c2cc(Br)ccc2N)n1. The Hall–Kier alpha value is -1.82. The van der Waals surface area contributed by atoms with Gasteiger partial charge in [0.2, 0.25) is 0 Å². The van der Waals surface area contributed by atoms with Crippen molar-refractivity contribution in [3.63, 3.8) is 0 Å². The van der Waals surface area contributed by atoms with Crippen LogP contribution in [0, 0.1) is 0 Å². The second-order valence-electron chi connectivity index (χ2n) is 3.43. The molecule has 17 heavy (non-hydrogen) atoms. The molecule has 0 atom stereocenters. The van der Waals surface area contributed by atoms with Gasteiger partial charge in [-0.3, -0.25) is 4.79 Å². The molecular formula is C11H11BrN4O. The molecule has 0 unspecified atom stereocenters. The molecule has 88 valence electrons. The third-order valence-electron chi connectivity index (χ3n) is 2.29. The molecule has 0 spiro atoms. The van der Waals surface area contributed by atoms with Crippen molar-refractivity contribution in [2.75, 3.05) is 12.8 Å². The lowest BCUT2D eigenvalue weighted by Gasteiger charge is -2.05. The highest BCUT2D eigenvalue weighted by molar-refractivity contribution is 9.10. The number of rotatable bonds is 2. The van der Waals surface area contributed by atoms with Crippen LogP contribution in [0.1, 0.15) is 10.5 Å². The summed E-state index contributed by atoms with van der Waals surface area (Å²) in [7, 11) is 1.56. The summed E-state index contributed by atoms with van der Waals surface area (Å²) in [5, 5.41) is 6.67. The molecule has 0 aliphatic heterocycles. The quantitative estimate of drug-likeness (QED) is 0.826. The molecule has 3 N–H and O–H groups in total. The first-order valence-corrected chi connectivity index (χ1v) is 5.74. The lowest BCUT2D eigenvalue weighted by Crippen LogP contribution is -2.18. The van der Waals surface area contributed by atoms with Gasteiger partial charge in [0.1, 0.15) is 0 Å². The highest BCUT2D eigenvalue weighted by atomic mass is 79.9. The van der Waals surface area contributed by atoms with Gasteiger partial charge < -0.3 is 11.1 Å². The molecule has 2 aromatic rings. The molecule has 0 fully saturated rings. The molecule has 0 saturated heterocycles. The normalized spacial score (nSPS) is 10.2. The second kappa shape index (κ2) is 4.58. The summed E-state index contributed by atoms with van der Waals surface area (Å²) in [5.41, 5.74) is 7.54. The Morgan fingerprint density at radius 2 is 2.24 bits per heavy atom. The fraction of sp³-hybridized carbons (Fsp3) is 0.0909. The summed E-state index contributed by atoms with van der Waals surface area (Å²) in [6.45, 7) is 0. The van der Waals surface area contributed by atoms with Gasteiger partial charge in [0.15, 0.2) is 5.69 Å². The minimum absolute atomic E-state index is 0.225. The highest BCUT2D eigenvalue weighted by Gasteiger charge is 2.09. The first-order chi connectivity index (χ1) is 8.11. The summed E-state index contributed by atoms with van der Waals surface area (Å²) in [6.07, 6.45) is 1.70. The maximum Gasteiger partial charge on any atom is 0.271 e. The number of hydrogen-bond acceptors (Lipinski definition) is 3. The fourth-order valence-electron chi connectivity index (χ4n) is 1.42. The number of hydrogen-bond donors (Lipinski definition) is 2. The van der Waals surface area contributed by atoms with Gasteiger partial charge in [0.05, 0.1) is 11.4 Å². The van der Waals surface area contributed by atoms with Crippen LogP contribution in [0.4, 0.5) is 5.69 Å². The number of carbonyl (C=O) groups excluding carboxylic acids is 1. The number of halogens is 1. The highest BCUT2D eigenvalue weighted by Crippen LogP contribution is 2.21. The van der Waals surface area contributed by atoms with E-state index in [0.717, 1.165) is 10.2 Å². The lowest BCUT2D eigenvalue weighted by atomic mass is 10.3. The van der Waals surface area contributed by atoms with Crippen LogP contribution in [0.25, 0.3) is 5.69 Å². The summed E-state index contributed by atoms with van der Waals surface area (Å²) in [5.74, 6) is -0.225. The molecule has 0 bridgehead atoms. The predicted octanol–water partition coefficient (Wildman–Crippen LogP) is 1.58. The van der Waals surface area contributed by atoms with Crippen molar-refractivity contribution in [3.8, 4) is 5.69 Å². The maximum absolute atomic E-state index is 11.4. The number of nitrogens with one attached hydrogen (secondary N) is 1. The van der Waals surface area contributed by atoms with Gasteiger partial charge in [-0.1, -0.05) is 15.9 Å². The Balaban J connectivity index is 2.43. The van der Waals surface area contributed by atoms with Gasteiger partial charge in [-0.15, -0.1) is 0 Å². The third-order valence-corrected chi connectivity index (χ3v) is 2.78. The number of benzene rings is 1. The van der Waals surface area contributed by atoms with Crippen molar-refractivity contribution in [2.24, 2.45) is 0 Å². The predicted molar refractivity (Wildman–Crippen MR) is 69.1 cm³/mol. The summed E-state index contributed by atoms with van der Waals surface area (Å²) in [6, 6.07) is 7.11. The van der Waals surface area contributed by atoms with Crippen LogP contribution in [0.5, 0.6) is 0 Å². The number of nitrogens with zero attached hydrogens (tertiary/aromatic N) is 2. The number of aromatic nitrogens is 2. The summed E-state index contributed by atoms with van der Waals surface area (Å²) in [4.78, 5) is 11.4. The molecule has 0 aliphatic rings. The van der Waals surface area contributed by atoms with Crippen molar-refractivity contribution in [2.45, 2.75) is 0 Å². The molecule has 1 amide bonds. The maximum atomic E-state index is 11.4. The standard InChI is InChI=1S/C11H11BrN4O/c1-14-11(17)9-4-5-16(15-9)10-6-7(12)2-3-8(10)13/h2-6H,13H2,1H3,(H,14,17). The Bertz CT molecular complexity index is 564. The lowest BCUT2D eigenvalue weighted by molar-refractivity contribution is 0.0957. The van der Waals surface area contributed by atoms with E-state index in [1.807, 2.05) is 12.1 Å². The van der Waals surface area contributed by atoms with Crippen molar-refractivity contribution in [3.05, 3.63) is 40.6 Å². The Morgan fingerprint density at radius 3 is 2.94 bits per heavy atom. The van der Waals surface area contributed by atoms with Gasteiger partial charge in [0.25, 0.3) is 5.91 Å². The first-order valence-electron chi connectivity index (χ1n) is 4.95. The number of nitrogens with two attached hydrogens (primary N) is 1. The molecule has 0 saturated carbocycles. The minimum Gasteiger partial charge on any atom is -0.397 e. The zero-order valence-electron chi connectivity index (χ0n) is 9.14. The van der Waals surface area contributed by atoms with Gasteiger partial charge in [-0.25, -0.2) is 4.68 Å². The second-order valence-corrected chi connectivity index (χ2v) is 4.34. The van der Waals surface area contributed by atoms with E-state index in [1.54, 1.807) is 30.1 Å². The van der Waals surface area contributed by atoms with Crippen molar-refractivity contribution < 1.29 is 4.79 Å². The van der Waals surface area contributed by atoms with Gasteiger partial charge in [-0.2, -0.15) is 5.10 Å². The van der Waals surface area contributed by atoms with Crippen LogP contribution < -0.4 is 11.1 Å². The van der Waals surface area contributed by atoms with Crippen molar-refractivity contribution in [1.29, 1.82) is 0 Å². The minimum atomic E-state index is -0.225. The smallest absolute Gasteiger partial charge is 0.271 e. The molecular weight excluding hydrogens is 284 g/mol. The molecule has 6 heteroatoms. The topological polar surface area (TPSA) is 72.9 Å².